The number of ether oxygens (including phenoxy) is 2. The molecule has 0 radical (unpaired) electrons. The lowest BCUT2D eigenvalue weighted by atomic mass is 10.0. The van der Waals surface area contributed by atoms with Crippen molar-refractivity contribution in [3.8, 4) is 0 Å². The quantitative estimate of drug-likeness (QED) is 0.627. The van der Waals surface area contributed by atoms with E-state index in [9.17, 15) is 9.59 Å². The first kappa shape index (κ1) is 19.1. The summed E-state index contributed by atoms with van der Waals surface area (Å²) in [6, 6.07) is 6.89. The largest absolute Gasteiger partial charge is 0.465 e. The monoisotopic (exact) mass is 346 g/mol. The Morgan fingerprint density at radius 1 is 1.24 bits per heavy atom. The highest BCUT2D eigenvalue weighted by atomic mass is 16.5. The van der Waals surface area contributed by atoms with Crippen LogP contribution in [0.4, 0.5) is 0 Å². The number of nitrogens with one attached hydrogen (secondary N) is 1. The van der Waals surface area contributed by atoms with E-state index in [-0.39, 0.29) is 17.4 Å². The SMILES string of the molecule is COC(=O)c1ccc(/C=C/C(=O)NCC(C)(C)N2CCOCC2)cc1. The van der Waals surface area contributed by atoms with Gasteiger partial charge in [-0.2, -0.15) is 0 Å². The molecule has 1 aromatic rings. The van der Waals surface area contributed by atoms with Gasteiger partial charge in [-0.15, -0.1) is 0 Å². The van der Waals surface area contributed by atoms with Crippen LogP contribution in [0.1, 0.15) is 29.8 Å². The standard InChI is InChI=1S/C19H26N2O4/c1-19(2,21-10-12-25-13-11-21)14-20-17(22)9-6-15-4-7-16(8-5-15)18(23)24-3/h4-9H,10-14H2,1-3H3,(H,20,22)/b9-6+. The maximum atomic E-state index is 12.1. The zero-order chi connectivity index (χ0) is 18.3. The average Bonchev–Trinajstić information content (AvgIpc) is 2.65. The van der Waals surface area contributed by atoms with Gasteiger partial charge in [0, 0.05) is 31.2 Å². The van der Waals surface area contributed by atoms with Gasteiger partial charge < -0.3 is 14.8 Å². The van der Waals surface area contributed by atoms with Crippen molar-refractivity contribution in [2.24, 2.45) is 0 Å². The summed E-state index contributed by atoms with van der Waals surface area (Å²) >= 11 is 0. The zero-order valence-electron chi connectivity index (χ0n) is 15.1. The first-order valence-electron chi connectivity index (χ1n) is 8.39. The summed E-state index contributed by atoms with van der Waals surface area (Å²) < 4.78 is 10.0. The molecule has 25 heavy (non-hydrogen) atoms. The number of amides is 1. The molecule has 0 unspecified atom stereocenters. The van der Waals surface area contributed by atoms with Crippen molar-refractivity contribution in [1.29, 1.82) is 0 Å². The predicted molar refractivity (Wildman–Crippen MR) is 96.3 cm³/mol. The number of methoxy groups -OCH3 is 1. The predicted octanol–water partition coefficient (Wildman–Crippen LogP) is 1.71. The lowest BCUT2D eigenvalue weighted by molar-refractivity contribution is -0.117. The molecular weight excluding hydrogens is 320 g/mol. The summed E-state index contributed by atoms with van der Waals surface area (Å²) in [4.78, 5) is 25.8. The third kappa shape index (κ3) is 5.69. The summed E-state index contributed by atoms with van der Waals surface area (Å²) in [7, 11) is 1.35. The third-order valence-corrected chi connectivity index (χ3v) is 4.32. The number of esters is 1. The smallest absolute Gasteiger partial charge is 0.337 e. The summed E-state index contributed by atoms with van der Waals surface area (Å²) in [6.45, 7) is 8.04. The molecule has 0 spiro atoms. The van der Waals surface area contributed by atoms with E-state index >= 15 is 0 Å². The van der Waals surface area contributed by atoms with Crippen molar-refractivity contribution in [2.75, 3.05) is 40.0 Å². The Hall–Kier alpha value is -2.18. The number of rotatable bonds is 6. The number of nitrogens with zero attached hydrogens (tertiary/aromatic N) is 1. The van der Waals surface area contributed by atoms with Gasteiger partial charge in [0.25, 0.3) is 0 Å². The Morgan fingerprint density at radius 2 is 1.88 bits per heavy atom. The van der Waals surface area contributed by atoms with Crippen LogP contribution in [-0.2, 0) is 14.3 Å². The van der Waals surface area contributed by atoms with Gasteiger partial charge in [0.2, 0.25) is 5.91 Å². The molecule has 6 heteroatoms. The molecule has 0 saturated carbocycles. The van der Waals surface area contributed by atoms with Gasteiger partial charge in [0.1, 0.15) is 0 Å². The number of hydrogen-bond donors (Lipinski definition) is 1. The van der Waals surface area contributed by atoms with Gasteiger partial charge >= 0.3 is 5.97 Å². The molecular formula is C19H26N2O4. The minimum atomic E-state index is -0.376. The Labute approximate surface area is 148 Å². The Bertz CT molecular complexity index is 617. The fourth-order valence-electron chi connectivity index (χ4n) is 2.66. The Kier molecular flexibility index (Phi) is 6.73. The third-order valence-electron chi connectivity index (χ3n) is 4.32. The minimum absolute atomic E-state index is 0.116. The van der Waals surface area contributed by atoms with Gasteiger partial charge in [-0.1, -0.05) is 12.1 Å². The fourth-order valence-corrected chi connectivity index (χ4v) is 2.66. The number of benzene rings is 1. The van der Waals surface area contributed by atoms with E-state index in [1.165, 1.54) is 13.2 Å². The van der Waals surface area contributed by atoms with Gasteiger partial charge in [0.05, 0.1) is 25.9 Å². The molecule has 0 aliphatic carbocycles. The van der Waals surface area contributed by atoms with Gasteiger partial charge in [-0.05, 0) is 37.6 Å². The Morgan fingerprint density at radius 3 is 2.48 bits per heavy atom. The van der Waals surface area contributed by atoms with E-state index in [2.05, 4.69) is 28.8 Å². The second-order valence-corrected chi connectivity index (χ2v) is 6.58. The lowest BCUT2D eigenvalue weighted by Gasteiger charge is -2.40. The van der Waals surface area contributed by atoms with E-state index < -0.39 is 0 Å². The highest BCUT2D eigenvalue weighted by molar-refractivity contribution is 5.92. The zero-order valence-corrected chi connectivity index (χ0v) is 15.1. The van der Waals surface area contributed by atoms with E-state index in [4.69, 9.17) is 4.74 Å². The van der Waals surface area contributed by atoms with Crippen molar-refractivity contribution >= 4 is 18.0 Å². The topological polar surface area (TPSA) is 67.9 Å². The van der Waals surface area contributed by atoms with Crippen molar-refractivity contribution in [3.05, 3.63) is 41.5 Å². The summed E-state index contributed by atoms with van der Waals surface area (Å²) in [5.41, 5.74) is 1.21. The van der Waals surface area contributed by atoms with E-state index in [0.29, 0.717) is 12.1 Å². The van der Waals surface area contributed by atoms with Crippen LogP contribution in [0.2, 0.25) is 0 Å². The van der Waals surface area contributed by atoms with Crippen LogP contribution >= 0.6 is 0 Å². The highest BCUT2D eigenvalue weighted by Gasteiger charge is 2.28. The van der Waals surface area contributed by atoms with Crippen molar-refractivity contribution in [3.63, 3.8) is 0 Å². The maximum Gasteiger partial charge on any atom is 0.337 e. The van der Waals surface area contributed by atoms with Crippen molar-refractivity contribution in [2.45, 2.75) is 19.4 Å². The molecule has 1 amide bonds. The second-order valence-electron chi connectivity index (χ2n) is 6.58. The molecule has 1 saturated heterocycles. The first-order valence-corrected chi connectivity index (χ1v) is 8.39. The molecule has 1 fully saturated rings. The molecule has 1 heterocycles. The summed E-state index contributed by atoms with van der Waals surface area (Å²) in [5.74, 6) is -0.517. The lowest BCUT2D eigenvalue weighted by Crippen LogP contribution is -2.55. The normalized spacial score (nSPS) is 16.0. The summed E-state index contributed by atoms with van der Waals surface area (Å²) in [5, 5.41) is 2.95. The fraction of sp³-hybridized carbons (Fsp3) is 0.474. The van der Waals surface area contributed by atoms with Crippen LogP contribution in [0, 0.1) is 0 Å². The molecule has 1 aromatic carbocycles. The summed E-state index contributed by atoms with van der Waals surface area (Å²) in [6.07, 6.45) is 3.22. The van der Waals surface area contributed by atoms with Crippen LogP contribution in [-0.4, -0.2) is 62.3 Å². The van der Waals surface area contributed by atoms with Crippen LogP contribution in [0.15, 0.2) is 30.3 Å². The second kappa shape index (κ2) is 8.78. The van der Waals surface area contributed by atoms with E-state index in [1.807, 2.05) is 0 Å². The van der Waals surface area contributed by atoms with Crippen LogP contribution < -0.4 is 5.32 Å². The number of morpholine rings is 1. The van der Waals surface area contributed by atoms with Crippen molar-refractivity contribution < 1.29 is 19.1 Å². The molecule has 0 aromatic heterocycles. The van der Waals surface area contributed by atoms with Gasteiger partial charge in [0.15, 0.2) is 0 Å². The van der Waals surface area contributed by atoms with Crippen LogP contribution in [0.3, 0.4) is 0 Å². The average molecular weight is 346 g/mol. The molecule has 6 nitrogen and oxygen atoms in total. The van der Waals surface area contributed by atoms with Gasteiger partial charge in [-0.3, -0.25) is 9.69 Å². The molecule has 2 rings (SSSR count). The number of carbonyl (C=O) groups is 2. The molecule has 1 aliphatic heterocycles. The molecule has 0 atom stereocenters. The molecule has 0 bridgehead atoms. The highest BCUT2D eigenvalue weighted by Crippen LogP contribution is 2.15. The molecule has 1 N–H and O–H groups in total. The van der Waals surface area contributed by atoms with E-state index in [1.54, 1.807) is 30.3 Å². The number of carbonyl (C=O) groups excluding carboxylic acids is 2. The van der Waals surface area contributed by atoms with E-state index in [0.717, 1.165) is 31.9 Å². The maximum absolute atomic E-state index is 12.1. The minimum Gasteiger partial charge on any atom is -0.465 e. The molecule has 136 valence electrons. The Balaban J connectivity index is 1.84. The molecule has 1 aliphatic rings. The first-order chi connectivity index (χ1) is 11.9. The van der Waals surface area contributed by atoms with Crippen LogP contribution in [0.5, 0.6) is 0 Å². The number of hydrogen-bond acceptors (Lipinski definition) is 5. The van der Waals surface area contributed by atoms with Crippen molar-refractivity contribution in [1.82, 2.24) is 10.2 Å². The van der Waals surface area contributed by atoms with Crippen LogP contribution in [0.25, 0.3) is 6.08 Å². The van der Waals surface area contributed by atoms with Gasteiger partial charge in [-0.25, -0.2) is 4.79 Å².